The van der Waals surface area contributed by atoms with Gasteiger partial charge in [0.2, 0.25) is 0 Å². The summed E-state index contributed by atoms with van der Waals surface area (Å²) in [6.45, 7) is 2.98. The first-order chi connectivity index (χ1) is 6.36. The Morgan fingerprint density at radius 1 is 1.21 bits per heavy atom. The molecule has 0 radical (unpaired) electrons. The second-order valence-corrected chi connectivity index (χ2v) is 2.81. The number of hydrogen-bond donors (Lipinski definition) is 4. The Hall–Kier alpha value is -1.56. The Balaban J connectivity index is 4.37. The molecule has 6 heteroatoms. The minimum absolute atomic E-state index is 0.259. The van der Waals surface area contributed by atoms with E-state index in [2.05, 4.69) is 6.58 Å². The summed E-state index contributed by atoms with van der Waals surface area (Å²) in [7, 11) is 0. The fraction of sp³-hybridized carbons (Fsp3) is 0.500. The Kier molecular flexibility index (Phi) is 4.65. The predicted molar refractivity (Wildman–Crippen MR) is 45.8 cm³/mol. The van der Waals surface area contributed by atoms with Crippen molar-refractivity contribution >= 4 is 11.9 Å². The highest BCUT2D eigenvalue weighted by atomic mass is 16.4. The summed E-state index contributed by atoms with van der Waals surface area (Å²) in [5.74, 6) is -4.55. The topological polar surface area (TPSA) is 115 Å². The van der Waals surface area contributed by atoms with Gasteiger partial charge >= 0.3 is 11.9 Å². The van der Waals surface area contributed by atoms with Crippen molar-refractivity contribution in [3.05, 3.63) is 12.3 Å². The van der Waals surface area contributed by atoms with E-state index in [1.165, 1.54) is 0 Å². The van der Waals surface area contributed by atoms with Crippen LogP contribution in [0.3, 0.4) is 0 Å². The predicted octanol–water partition coefficient (Wildman–Crippen LogP) is -0.0154. The summed E-state index contributed by atoms with van der Waals surface area (Å²) >= 11 is 0. The standard InChI is InChI=1S/C8H12O6/c1-4(9)7(12)5(8(13)14)2-3-6(10)11/h5,7,9,12H,1-3H2,(H,10,11)(H,13,14). The molecule has 0 heterocycles. The van der Waals surface area contributed by atoms with Gasteiger partial charge in [-0.2, -0.15) is 0 Å². The van der Waals surface area contributed by atoms with E-state index < -0.39 is 29.7 Å². The molecule has 0 aromatic heterocycles. The third-order valence-corrected chi connectivity index (χ3v) is 1.71. The van der Waals surface area contributed by atoms with E-state index >= 15 is 0 Å². The van der Waals surface area contributed by atoms with Crippen molar-refractivity contribution in [2.24, 2.45) is 5.92 Å². The van der Waals surface area contributed by atoms with E-state index in [0.717, 1.165) is 0 Å². The van der Waals surface area contributed by atoms with Gasteiger partial charge in [0.05, 0.1) is 5.92 Å². The molecule has 0 spiro atoms. The molecule has 0 fully saturated rings. The van der Waals surface area contributed by atoms with Crippen molar-refractivity contribution in [1.29, 1.82) is 0 Å². The zero-order chi connectivity index (χ0) is 11.3. The van der Waals surface area contributed by atoms with Crippen molar-refractivity contribution in [2.75, 3.05) is 0 Å². The molecule has 4 N–H and O–H groups in total. The Labute approximate surface area is 80.1 Å². The average molecular weight is 204 g/mol. The molecular formula is C8H12O6. The molecule has 0 aliphatic carbocycles. The van der Waals surface area contributed by atoms with Crippen LogP contribution in [0.1, 0.15) is 12.8 Å². The number of aliphatic hydroxyl groups excluding tert-OH is 2. The van der Waals surface area contributed by atoms with Crippen LogP contribution in [-0.4, -0.2) is 38.5 Å². The van der Waals surface area contributed by atoms with Gasteiger partial charge in [-0.05, 0) is 6.42 Å². The fourth-order valence-corrected chi connectivity index (χ4v) is 0.928. The third kappa shape index (κ3) is 3.90. The van der Waals surface area contributed by atoms with Gasteiger partial charge < -0.3 is 20.4 Å². The normalized spacial score (nSPS) is 14.4. The lowest BCUT2D eigenvalue weighted by Gasteiger charge is -2.16. The van der Waals surface area contributed by atoms with Crippen LogP contribution in [0, 0.1) is 5.92 Å². The average Bonchev–Trinajstić information content (AvgIpc) is 2.02. The molecule has 2 atom stereocenters. The first kappa shape index (κ1) is 12.4. The maximum atomic E-state index is 10.6. The zero-order valence-corrected chi connectivity index (χ0v) is 7.38. The van der Waals surface area contributed by atoms with E-state index in [1.807, 2.05) is 0 Å². The summed E-state index contributed by atoms with van der Waals surface area (Å²) in [6.07, 6.45) is -2.28. The maximum Gasteiger partial charge on any atom is 0.309 e. The molecule has 14 heavy (non-hydrogen) atoms. The highest BCUT2D eigenvalue weighted by molar-refractivity contribution is 5.73. The molecule has 0 amide bonds. The van der Waals surface area contributed by atoms with Crippen molar-refractivity contribution in [3.63, 3.8) is 0 Å². The van der Waals surface area contributed by atoms with E-state index in [4.69, 9.17) is 20.4 Å². The molecule has 0 aliphatic rings. The van der Waals surface area contributed by atoms with E-state index in [-0.39, 0.29) is 12.8 Å². The van der Waals surface area contributed by atoms with Gasteiger partial charge in [0.1, 0.15) is 11.9 Å². The van der Waals surface area contributed by atoms with Crippen LogP contribution in [0.5, 0.6) is 0 Å². The first-order valence-electron chi connectivity index (χ1n) is 3.86. The minimum atomic E-state index is -1.63. The summed E-state index contributed by atoms with van der Waals surface area (Å²) in [5.41, 5.74) is 0. The van der Waals surface area contributed by atoms with Crippen molar-refractivity contribution in [1.82, 2.24) is 0 Å². The first-order valence-corrected chi connectivity index (χ1v) is 3.86. The lowest BCUT2D eigenvalue weighted by atomic mass is 9.96. The summed E-state index contributed by atoms with van der Waals surface area (Å²) in [5, 5.41) is 34.8. The Morgan fingerprint density at radius 3 is 2.00 bits per heavy atom. The van der Waals surface area contributed by atoms with Gasteiger partial charge in [-0.15, -0.1) is 0 Å². The number of rotatable bonds is 6. The molecule has 0 aromatic rings. The van der Waals surface area contributed by atoms with Gasteiger partial charge in [0.15, 0.2) is 0 Å². The largest absolute Gasteiger partial charge is 0.510 e. The van der Waals surface area contributed by atoms with Crippen LogP contribution in [0.2, 0.25) is 0 Å². The molecule has 0 saturated heterocycles. The van der Waals surface area contributed by atoms with Crippen molar-refractivity contribution in [3.8, 4) is 0 Å². The monoisotopic (exact) mass is 204 g/mol. The highest BCUT2D eigenvalue weighted by Gasteiger charge is 2.28. The van der Waals surface area contributed by atoms with Crippen molar-refractivity contribution in [2.45, 2.75) is 18.9 Å². The van der Waals surface area contributed by atoms with Crippen LogP contribution in [0.15, 0.2) is 12.3 Å². The smallest absolute Gasteiger partial charge is 0.309 e. The lowest BCUT2D eigenvalue weighted by Crippen LogP contribution is -2.30. The number of hydrogen-bond acceptors (Lipinski definition) is 4. The lowest BCUT2D eigenvalue weighted by molar-refractivity contribution is -0.146. The van der Waals surface area contributed by atoms with Gasteiger partial charge in [-0.1, -0.05) is 6.58 Å². The van der Waals surface area contributed by atoms with Crippen molar-refractivity contribution < 1.29 is 30.0 Å². The fourth-order valence-electron chi connectivity index (χ4n) is 0.928. The second-order valence-electron chi connectivity index (χ2n) is 2.81. The second kappa shape index (κ2) is 5.23. The van der Waals surface area contributed by atoms with E-state index in [0.29, 0.717) is 0 Å². The van der Waals surface area contributed by atoms with Gasteiger partial charge in [-0.3, -0.25) is 9.59 Å². The number of carboxylic acid groups (broad SMARTS) is 2. The molecule has 80 valence electrons. The molecule has 0 saturated carbocycles. The number of aliphatic hydroxyl groups is 2. The van der Waals surface area contributed by atoms with Crippen LogP contribution >= 0.6 is 0 Å². The van der Waals surface area contributed by atoms with Gasteiger partial charge in [0.25, 0.3) is 0 Å². The van der Waals surface area contributed by atoms with E-state index in [1.54, 1.807) is 0 Å². The maximum absolute atomic E-state index is 10.6. The summed E-state index contributed by atoms with van der Waals surface area (Å²) < 4.78 is 0. The van der Waals surface area contributed by atoms with Crippen LogP contribution < -0.4 is 0 Å². The zero-order valence-electron chi connectivity index (χ0n) is 7.38. The van der Waals surface area contributed by atoms with Crippen LogP contribution in [0.4, 0.5) is 0 Å². The third-order valence-electron chi connectivity index (χ3n) is 1.71. The quantitative estimate of drug-likeness (QED) is 0.452. The molecule has 0 rings (SSSR count). The molecule has 0 bridgehead atoms. The highest BCUT2D eigenvalue weighted by Crippen LogP contribution is 2.16. The minimum Gasteiger partial charge on any atom is -0.510 e. The summed E-state index contributed by atoms with van der Waals surface area (Å²) in [4.78, 5) is 20.7. The number of aliphatic carboxylic acids is 2. The molecule has 0 aliphatic heterocycles. The van der Waals surface area contributed by atoms with Gasteiger partial charge in [-0.25, -0.2) is 0 Å². The van der Waals surface area contributed by atoms with Gasteiger partial charge in [0, 0.05) is 6.42 Å². The summed E-state index contributed by atoms with van der Waals surface area (Å²) in [6, 6.07) is 0. The SMILES string of the molecule is C=C(O)C(O)C(CCC(=O)O)C(=O)O. The molecular weight excluding hydrogens is 192 g/mol. The molecule has 2 unspecified atom stereocenters. The van der Waals surface area contributed by atoms with E-state index in [9.17, 15) is 9.59 Å². The Bertz CT molecular complexity index is 246. The molecule has 6 nitrogen and oxygen atoms in total. The van der Waals surface area contributed by atoms with Crippen LogP contribution in [0.25, 0.3) is 0 Å². The number of carboxylic acids is 2. The Morgan fingerprint density at radius 2 is 1.71 bits per heavy atom. The molecule has 0 aromatic carbocycles. The van der Waals surface area contributed by atoms with Crippen LogP contribution in [-0.2, 0) is 9.59 Å². The number of carbonyl (C=O) groups is 2.